The first-order valence-corrected chi connectivity index (χ1v) is 3.50. The first-order valence-electron chi connectivity index (χ1n) is 2.61. The summed E-state index contributed by atoms with van der Waals surface area (Å²) in [5.74, 6) is 0.204. The summed E-state index contributed by atoms with van der Waals surface area (Å²) >= 11 is 3.53. The van der Waals surface area contributed by atoms with Gasteiger partial charge in [0.1, 0.15) is 0 Å². The Kier molecular flexibility index (Phi) is 4.85. The van der Waals surface area contributed by atoms with E-state index in [-0.39, 0.29) is 5.91 Å². The number of amides is 1. The number of thiol groups is 1. The van der Waals surface area contributed by atoms with Crippen molar-refractivity contribution in [3.63, 3.8) is 0 Å². The van der Waals surface area contributed by atoms with Crippen molar-refractivity contribution in [2.75, 3.05) is 12.8 Å². The molecule has 1 fully saturated rings. The zero-order valence-electron chi connectivity index (χ0n) is 4.98. The van der Waals surface area contributed by atoms with Crippen molar-refractivity contribution in [3.8, 4) is 0 Å². The molecule has 2 nitrogen and oxygen atoms in total. The molecule has 0 spiro atoms. The summed E-state index contributed by atoms with van der Waals surface area (Å²) in [4.78, 5) is 10.1. The molecule has 3 heteroatoms. The van der Waals surface area contributed by atoms with Gasteiger partial charge in [-0.15, -0.1) is 0 Å². The van der Waals surface area contributed by atoms with E-state index in [1.807, 2.05) is 0 Å². The minimum atomic E-state index is 0.204. The second kappa shape index (κ2) is 4.97. The highest BCUT2D eigenvalue weighted by Gasteiger charge is 2.05. The van der Waals surface area contributed by atoms with Gasteiger partial charge in [0.2, 0.25) is 5.91 Å². The third-order valence-corrected chi connectivity index (χ3v) is 0.903. The molecule has 1 amide bonds. The van der Waals surface area contributed by atoms with Gasteiger partial charge >= 0.3 is 0 Å². The molecular weight excluding hydrogens is 122 g/mol. The van der Waals surface area contributed by atoms with Gasteiger partial charge in [0.05, 0.1) is 0 Å². The maximum Gasteiger partial charge on any atom is 0.220 e. The van der Waals surface area contributed by atoms with Crippen LogP contribution >= 0.6 is 12.6 Å². The Hall–Kier alpha value is -0.180. The number of carbonyl (C=O) groups excluding carboxylic acids is 1. The van der Waals surface area contributed by atoms with E-state index in [4.69, 9.17) is 0 Å². The Morgan fingerprint density at radius 2 is 2.25 bits per heavy atom. The van der Waals surface area contributed by atoms with Crippen LogP contribution in [0.25, 0.3) is 0 Å². The molecule has 8 heavy (non-hydrogen) atoms. The fourth-order valence-electron chi connectivity index (χ4n) is 0.565. The molecule has 0 aromatic heterocycles. The smallest absolute Gasteiger partial charge is 0.220 e. The Bertz CT molecular complexity index is 66.8. The normalized spacial score (nSPS) is 16.5. The van der Waals surface area contributed by atoms with Crippen LogP contribution in [0.15, 0.2) is 0 Å². The van der Waals surface area contributed by atoms with Crippen LogP contribution in [0.3, 0.4) is 0 Å². The molecule has 0 unspecified atom stereocenters. The summed E-state index contributed by atoms with van der Waals surface area (Å²) in [7, 11) is 0. The second-order valence-electron chi connectivity index (χ2n) is 1.45. The van der Waals surface area contributed by atoms with Crippen molar-refractivity contribution in [2.45, 2.75) is 12.8 Å². The average Bonchev–Trinajstić information content (AvgIpc) is 2.24. The Morgan fingerprint density at radius 1 is 1.62 bits per heavy atom. The summed E-state index contributed by atoms with van der Waals surface area (Å²) in [5.41, 5.74) is 0. The first-order chi connectivity index (χ1) is 3.89. The lowest BCUT2D eigenvalue weighted by Crippen LogP contribution is -2.12. The molecule has 1 aliphatic heterocycles. The molecule has 0 atom stereocenters. The number of carbonyl (C=O) groups is 1. The van der Waals surface area contributed by atoms with Gasteiger partial charge in [-0.2, -0.15) is 12.6 Å². The maximum absolute atomic E-state index is 10.1. The summed E-state index contributed by atoms with van der Waals surface area (Å²) in [6.45, 7) is 0.888. The number of hydrogen-bond acceptors (Lipinski definition) is 2. The molecule has 1 heterocycles. The minimum absolute atomic E-state index is 0.204. The van der Waals surface area contributed by atoms with Gasteiger partial charge in [-0.05, 0) is 12.7 Å². The topological polar surface area (TPSA) is 29.1 Å². The van der Waals surface area contributed by atoms with E-state index in [2.05, 4.69) is 17.9 Å². The first kappa shape index (κ1) is 7.82. The van der Waals surface area contributed by atoms with Gasteiger partial charge in [-0.25, -0.2) is 0 Å². The quantitative estimate of drug-likeness (QED) is 0.461. The van der Waals surface area contributed by atoms with Gasteiger partial charge in [-0.1, -0.05) is 0 Å². The van der Waals surface area contributed by atoms with Crippen LogP contribution in [0.4, 0.5) is 0 Å². The van der Waals surface area contributed by atoms with E-state index < -0.39 is 0 Å². The molecule has 0 aromatic carbocycles. The molecule has 1 rings (SSSR count). The highest BCUT2D eigenvalue weighted by atomic mass is 32.1. The highest BCUT2D eigenvalue weighted by molar-refractivity contribution is 7.79. The largest absolute Gasteiger partial charge is 0.356 e. The SMILES string of the molecule is CS.O=C1CCCN1. The third-order valence-electron chi connectivity index (χ3n) is 0.903. The molecule has 0 radical (unpaired) electrons. The van der Waals surface area contributed by atoms with Crippen LogP contribution in [0.5, 0.6) is 0 Å². The van der Waals surface area contributed by atoms with Crippen LogP contribution in [-0.4, -0.2) is 18.7 Å². The number of hydrogen-bond donors (Lipinski definition) is 2. The standard InChI is InChI=1S/C4H7NO.CH4S/c6-4-2-1-3-5-4;1-2/h1-3H2,(H,5,6);2H,1H3. The van der Waals surface area contributed by atoms with E-state index in [1.165, 1.54) is 0 Å². The van der Waals surface area contributed by atoms with Gasteiger partial charge < -0.3 is 5.32 Å². The monoisotopic (exact) mass is 133 g/mol. The van der Waals surface area contributed by atoms with Crippen molar-refractivity contribution in [2.24, 2.45) is 0 Å². The fourth-order valence-corrected chi connectivity index (χ4v) is 0.565. The van der Waals surface area contributed by atoms with E-state index >= 15 is 0 Å². The summed E-state index contributed by atoms with van der Waals surface area (Å²) < 4.78 is 0. The minimum Gasteiger partial charge on any atom is -0.356 e. The number of rotatable bonds is 0. The summed E-state index contributed by atoms with van der Waals surface area (Å²) in [6, 6.07) is 0. The number of nitrogens with one attached hydrogen (secondary N) is 1. The van der Waals surface area contributed by atoms with E-state index in [0.717, 1.165) is 19.4 Å². The van der Waals surface area contributed by atoms with Crippen LogP contribution < -0.4 is 5.32 Å². The molecular formula is C5H11NOS. The average molecular weight is 133 g/mol. The lowest BCUT2D eigenvalue weighted by atomic mass is 10.4. The van der Waals surface area contributed by atoms with Gasteiger partial charge in [-0.3, -0.25) is 4.79 Å². The van der Waals surface area contributed by atoms with Crippen LogP contribution in [0, 0.1) is 0 Å². The van der Waals surface area contributed by atoms with E-state index in [0.29, 0.717) is 0 Å². The molecule has 0 aromatic rings. The zero-order valence-corrected chi connectivity index (χ0v) is 5.87. The second-order valence-corrected chi connectivity index (χ2v) is 1.45. The van der Waals surface area contributed by atoms with Crippen molar-refractivity contribution in [3.05, 3.63) is 0 Å². The van der Waals surface area contributed by atoms with Gasteiger partial charge in [0.25, 0.3) is 0 Å². The Balaban J connectivity index is 0.000000222. The van der Waals surface area contributed by atoms with Crippen LogP contribution in [-0.2, 0) is 4.79 Å². The molecule has 1 saturated heterocycles. The fraction of sp³-hybridized carbons (Fsp3) is 0.800. The van der Waals surface area contributed by atoms with Crippen LogP contribution in [0.2, 0.25) is 0 Å². The molecule has 1 aliphatic rings. The predicted molar refractivity (Wildman–Crippen MR) is 37.2 cm³/mol. The Morgan fingerprint density at radius 3 is 2.38 bits per heavy atom. The molecule has 48 valence electrons. The van der Waals surface area contributed by atoms with E-state index in [9.17, 15) is 4.79 Å². The zero-order chi connectivity index (χ0) is 6.41. The molecule has 0 saturated carbocycles. The van der Waals surface area contributed by atoms with Crippen molar-refractivity contribution in [1.29, 1.82) is 0 Å². The van der Waals surface area contributed by atoms with Crippen molar-refractivity contribution in [1.82, 2.24) is 5.32 Å². The lowest BCUT2D eigenvalue weighted by molar-refractivity contribution is -0.119. The highest BCUT2D eigenvalue weighted by Crippen LogP contribution is 1.93. The summed E-state index contributed by atoms with van der Waals surface area (Å²) in [6.07, 6.45) is 3.46. The molecule has 1 N–H and O–H groups in total. The third kappa shape index (κ3) is 2.91. The van der Waals surface area contributed by atoms with Crippen LogP contribution in [0.1, 0.15) is 12.8 Å². The molecule has 0 aliphatic carbocycles. The maximum atomic E-state index is 10.1. The van der Waals surface area contributed by atoms with Crippen molar-refractivity contribution < 1.29 is 4.79 Å². The van der Waals surface area contributed by atoms with Crippen molar-refractivity contribution >= 4 is 18.5 Å². The van der Waals surface area contributed by atoms with E-state index in [1.54, 1.807) is 6.26 Å². The predicted octanol–water partition coefficient (Wildman–Crippen LogP) is 0.442. The lowest BCUT2D eigenvalue weighted by Gasteiger charge is -1.80. The summed E-state index contributed by atoms with van der Waals surface area (Å²) in [5, 5.41) is 2.68. The van der Waals surface area contributed by atoms with Gasteiger partial charge in [0.15, 0.2) is 0 Å². The van der Waals surface area contributed by atoms with Gasteiger partial charge in [0, 0.05) is 13.0 Å². The molecule has 0 bridgehead atoms. The Labute approximate surface area is 55.1 Å².